The normalized spacial score (nSPS) is 9.46. The number of H-pyrrole nitrogens is 1. The molecular formula is C7H4N6. The molecule has 0 atom stereocenters. The molecule has 2 rings (SSSR count). The van der Waals surface area contributed by atoms with E-state index in [0.29, 0.717) is 17.2 Å². The maximum Gasteiger partial charge on any atom is 0.223 e. The van der Waals surface area contributed by atoms with E-state index in [-0.39, 0.29) is 0 Å². The molecular weight excluding hydrogens is 168 g/mol. The first kappa shape index (κ1) is 7.36. The van der Waals surface area contributed by atoms with Crippen molar-refractivity contribution in [2.45, 2.75) is 0 Å². The summed E-state index contributed by atoms with van der Waals surface area (Å²) in [5.41, 5.74) is 0.870. The molecule has 0 saturated heterocycles. The molecule has 2 aromatic heterocycles. The van der Waals surface area contributed by atoms with Gasteiger partial charge in [-0.15, -0.1) is 10.2 Å². The van der Waals surface area contributed by atoms with Crippen molar-refractivity contribution in [2.75, 3.05) is 0 Å². The molecule has 0 aliphatic carbocycles. The second-order valence-corrected chi connectivity index (χ2v) is 2.26. The highest BCUT2D eigenvalue weighted by Crippen LogP contribution is 2.09. The standard InChI is InChI=1S/C7H4N6/c8-4-5-2-1-3-6(9-5)7-10-12-13-11-7/h1-3H,(H,10,11,12,13). The molecule has 62 valence electrons. The summed E-state index contributed by atoms with van der Waals surface area (Å²) in [6.07, 6.45) is 0. The van der Waals surface area contributed by atoms with Crippen LogP contribution in [0.3, 0.4) is 0 Å². The summed E-state index contributed by atoms with van der Waals surface area (Å²) in [5, 5.41) is 21.8. The van der Waals surface area contributed by atoms with Gasteiger partial charge in [-0.25, -0.2) is 4.98 Å². The third-order valence-corrected chi connectivity index (χ3v) is 1.44. The summed E-state index contributed by atoms with van der Waals surface area (Å²) in [5.74, 6) is 0.386. The van der Waals surface area contributed by atoms with E-state index < -0.39 is 0 Å². The zero-order valence-electron chi connectivity index (χ0n) is 6.47. The summed E-state index contributed by atoms with van der Waals surface area (Å²) in [4.78, 5) is 3.99. The molecule has 2 aromatic rings. The van der Waals surface area contributed by atoms with Crippen molar-refractivity contribution in [3.63, 3.8) is 0 Å². The first-order valence-electron chi connectivity index (χ1n) is 3.51. The van der Waals surface area contributed by atoms with Gasteiger partial charge in [-0.1, -0.05) is 6.07 Å². The smallest absolute Gasteiger partial charge is 0.223 e. The predicted octanol–water partition coefficient (Wildman–Crippen LogP) is 0.133. The van der Waals surface area contributed by atoms with E-state index in [1.807, 2.05) is 6.07 Å². The van der Waals surface area contributed by atoms with E-state index in [1.54, 1.807) is 18.2 Å². The summed E-state index contributed by atoms with van der Waals surface area (Å²) in [6, 6.07) is 6.98. The van der Waals surface area contributed by atoms with Crippen molar-refractivity contribution in [1.82, 2.24) is 25.6 Å². The molecule has 0 radical (unpaired) electrons. The van der Waals surface area contributed by atoms with Gasteiger partial charge >= 0.3 is 0 Å². The molecule has 1 N–H and O–H groups in total. The lowest BCUT2D eigenvalue weighted by molar-refractivity contribution is 0.881. The lowest BCUT2D eigenvalue weighted by atomic mass is 10.3. The molecule has 0 aliphatic rings. The number of aromatic nitrogens is 5. The molecule has 0 unspecified atom stereocenters. The van der Waals surface area contributed by atoms with Gasteiger partial charge < -0.3 is 0 Å². The zero-order valence-corrected chi connectivity index (χ0v) is 6.47. The lowest BCUT2D eigenvalue weighted by Crippen LogP contribution is -1.88. The maximum absolute atomic E-state index is 8.58. The third kappa shape index (κ3) is 1.35. The minimum Gasteiger partial charge on any atom is -0.234 e. The number of tetrazole rings is 1. The topological polar surface area (TPSA) is 91.1 Å². The first-order chi connectivity index (χ1) is 6.40. The Labute approximate surface area is 73.2 Å². The first-order valence-corrected chi connectivity index (χ1v) is 3.51. The maximum atomic E-state index is 8.58. The Kier molecular flexibility index (Phi) is 1.69. The van der Waals surface area contributed by atoms with Crippen molar-refractivity contribution >= 4 is 0 Å². The Balaban J connectivity index is 2.49. The van der Waals surface area contributed by atoms with Crippen LogP contribution in [0, 0.1) is 11.3 Å². The second kappa shape index (κ2) is 2.98. The van der Waals surface area contributed by atoms with Gasteiger partial charge in [-0.05, 0) is 17.3 Å². The summed E-state index contributed by atoms with van der Waals surface area (Å²) < 4.78 is 0. The number of nitrogens with one attached hydrogen (secondary N) is 1. The molecule has 6 nitrogen and oxygen atoms in total. The Morgan fingerprint density at radius 1 is 1.38 bits per heavy atom. The predicted molar refractivity (Wildman–Crippen MR) is 42.1 cm³/mol. The van der Waals surface area contributed by atoms with Crippen molar-refractivity contribution in [3.8, 4) is 17.6 Å². The quantitative estimate of drug-likeness (QED) is 0.660. The van der Waals surface area contributed by atoms with Crippen LogP contribution in [0.25, 0.3) is 11.5 Å². The minimum absolute atomic E-state index is 0.335. The molecule has 0 fully saturated rings. The highest BCUT2D eigenvalue weighted by Gasteiger charge is 2.03. The number of hydrogen-bond donors (Lipinski definition) is 1. The van der Waals surface area contributed by atoms with Crippen LogP contribution in [0.15, 0.2) is 18.2 Å². The van der Waals surface area contributed by atoms with Crippen LogP contribution in [-0.2, 0) is 0 Å². The number of aromatic amines is 1. The fourth-order valence-electron chi connectivity index (χ4n) is 0.892. The Morgan fingerprint density at radius 2 is 2.31 bits per heavy atom. The van der Waals surface area contributed by atoms with E-state index in [4.69, 9.17) is 5.26 Å². The van der Waals surface area contributed by atoms with Gasteiger partial charge in [0.1, 0.15) is 17.5 Å². The lowest BCUT2D eigenvalue weighted by Gasteiger charge is -1.92. The van der Waals surface area contributed by atoms with Crippen LogP contribution in [0.5, 0.6) is 0 Å². The fourth-order valence-corrected chi connectivity index (χ4v) is 0.892. The van der Waals surface area contributed by atoms with Crippen LogP contribution in [0.1, 0.15) is 5.69 Å². The summed E-state index contributed by atoms with van der Waals surface area (Å²) in [6.45, 7) is 0. The van der Waals surface area contributed by atoms with Crippen LogP contribution in [-0.4, -0.2) is 25.6 Å². The van der Waals surface area contributed by atoms with Gasteiger partial charge in [-0.2, -0.15) is 10.5 Å². The summed E-state index contributed by atoms with van der Waals surface area (Å²) in [7, 11) is 0. The van der Waals surface area contributed by atoms with E-state index in [1.165, 1.54) is 0 Å². The molecule has 0 bridgehead atoms. The molecule has 0 aliphatic heterocycles. The molecule has 6 heteroatoms. The third-order valence-electron chi connectivity index (χ3n) is 1.44. The Hall–Kier alpha value is -2.29. The van der Waals surface area contributed by atoms with Gasteiger partial charge in [-0.3, -0.25) is 0 Å². The van der Waals surface area contributed by atoms with Gasteiger partial charge in [0.15, 0.2) is 0 Å². The molecule has 0 amide bonds. The van der Waals surface area contributed by atoms with Gasteiger partial charge in [0, 0.05) is 0 Å². The summed E-state index contributed by atoms with van der Waals surface area (Å²) >= 11 is 0. The van der Waals surface area contributed by atoms with Gasteiger partial charge in [0.05, 0.1) is 0 Å². The van der Waals surface area contributed by atoms with Crippen molar-refractivity contribution in [2.24, 2.45) is 0 Å². The van der Waals surface area contributed by atoms with Crippen LogP contribution < -0.4 is 0 Å². The minimum atomic E-state index is 0.335. The SMILES string of the molecule is N#Cc1cccc(-c2nn[nH]n2)n1. The van der Waals surface area contributed by atoms with Gasteiger partial charge in [0.25, 0.3) is 0 Å². The van der Waals surface area contributed by atoms with Gasteiger partial charge in [0.2, 0.25) is 5.82 Å². The van der Waals surface area contributed by atoms with E-state index in [0.717, 1.165) is 0 Å². The Morgan fingerprint density at radius 3 is 3.00 bits per heavy atom. The average Bonchev–Trinajstić information content (AvgIpc) is 2.71. The number of hydrogen-bond acceptors (Lipinski definition) is 5. The van der Waals surface area contributed by atoms with Crippen molar-refractivity contribution in [3.05, 3.63) is 23.9 Å². The Bertz CT molecular complexity index is 440. The van der Waals surface area contributed by atoms with Crippen LogP contribution in [0.4, 0.5) is 0 Å². The molecule has 2 heterocycles. The largest absolute Gasteiger partial charge is 0.234 e. The van der Waals surface area contributed by atoms with E-state index >= 15 is 0 Å². The van der Waals surface area contributed by atoms with Crippen LogP contribution >= 0.6 is 0 Å². The molecule has 0 saturated carbocycles. The zero-order chi connectivity index (χ0) is 9.10. The van der Waals surface area contributed by atoms with E-state index in [9.17, 15) is 0 Å². The van der Waals surface area contributed by atoms with E-state index in [2.05, 4.69) is 25.6 Å². The number of nitriles is 1. The van der Waals surface area contributed by atoms with Crippen molar-refractivity contribution in [1.29, 1.82) is 5.26 Å². The molecule has 13 heavy (non-hydrogen) atoms. The second-order valence-electron chi connectivity index (χ2n) is 2.26. The highest BCUT2D eigenvalue weighted by atomic mass is 15.5. The van der Waals surface area contributed by atoms with Crippen molar-refractivity contribution < 1.29 is 0 Å². The molecule has 0 spiro atoms. The average molecular weight is 172 g/mol. The number of rotatable bonds is 1. The number of pyridine rings is 1. The monoisotopic (exact) mass is 172 g/mol. The fraction of sp³-hybridized carbons (Fsp3) is 0. The number of nitrogens with zero attached hydrogens (tertiary/aromatic N) is 5. The van der Waals surface area contributed by atoms with Crippen LogP contribution in [0.2, 0.25) is 0 Å². The highest BCUT2D eigenvalue weighted by molar-refractivity contribution is 5.48. The molecule has 0 aromatic carbocycles.